The van der Waals surface area contributed by atoms with E-state index in [2.05, 4.69) is 12.2 Å². The SMILES string of the molecule is FCCC/C=C/C1(C2CCC(C3CCCCC3)CC2)CCCCC1. The predicted molar refractivity (Wildman–Crippen MR) is 102 cm³/mol. The summed E-state index contributed by atoms with van der Waals surface area (Å²) in [7, 11) is 0. The molecule has 3 aliphatic carbocycles. The Kier molecular flexibility index (Phi) is 7.22. The Morgan fingerprint density at radius 1 is 0.750 bits per heavy atom. The molecule has 0 spiro atoms. The zero-order chi connectivity index (χ0) is 16.7. The minimum absolute atomic E-state index is 0.163. The summed E-state index contributed by atoms with van der Waals surface area (Å²) in [5.74, 6) is 3.01. The first-order valence-corrected chi connectivity index (χ1v) is 11.1. The van der Waals surface area contributed by atoms with E-state index in [0.29, 0.717) is 11.8 Å². The molecule has 0 amide bonds. The highest BCUT2D eigenvalue weighted by atomic mass is 19.1. The Balaban J connectivity index is 1.56. The molecule has 0 unspecified atom stereocenters. The number of hydrogen-bond acceptors (Lipinski definition) is 0. The molecule has 0 aromatic rings. The van der Waals surface area contributed by atoms with Gasteiger partial charge in [-0.25, -0.2) is 0 Å². The van der Waals surface area contributed by atoms with Crippen molar-refractivity contribution in [3.8, 4) is 0 Å². The van der Waals surface area contributed by atoms with E-state index in [9.17, 15) is 4.39 Å². The molecular formula is C23H39F. The molecule has 0 nitrogen and oxygen atoms in total. The Labute approximate surface area is 149 Å². The summed E-state index contributed by atoms with van der Waals surface area (Å²) in [6.45, 7) is -0.163. The average Bonchev–Trinajstić information content (AvgIpc) is 2.67. The van der Waals surface area contributed by atoms with Crippen LogP contribution in [0.4, 0.5) is 4.39 Å². The molecule has 0 saturated heterocycles. The standard InChI is InChI=1S/C23H39F/c24-19-9-3-8-18-23(16-6-2-7-17-23)22-14-12-21(13-15-22)20-10-4-1-5-11-20/h8,18,20-22H,1-7,9-17,19H2/b18-8+. The molecule has 138 valence electrons. The summed E-state index contributed by atoms with van der Waals surface area (Å²) in [6, 6.07) is 0. The van der Waals surface area contributed by atoms with E-state index < -0.39 is 0 Å². The molecule has 24 heavy (non-hydrogen) atoms. The van der Waals surface area contributed by atoms with Gasteiger partial charge in [-0.05, 0) is 74.5 Å². The van der Waals surface area contributed by atoms with Crippen LogP contribution in [0.25, 0.3) is 0 Å². The fourth-order valence-electron chi connectivity index (χ4n) is 6.21. The van der Waals surface area contributed by atoms with E-state index in [-0.39, 0.29) is 6.67 Å². The van der Waals surface area contributed by atoms with Gasteiger partial charge in [-0.15, -0.1) is 0 Å². The van der Waals surface area contributed by atoms with Gasteiger partial charge in [0.1, 0.15) is 0 Å². The van der Waals surface area contributed by atoms with Crippen LogP contribution in [-0.4, -0.2) is 6.67 Å². The lowest BCUT2D eigenvalue weighted by Crippen LogP contribution is -2.35. The van der Waals surface area contributed by atoms with E-state index in [1.54, 1.807) is 0 Å². The van der Waals surface area contributed by atoms with Crippen molar-refractivity contribution >= 4 is 0 Å². The minimum atomic E-state index is -0.163. The monoisotopic (exact) mass is 334 g/mol. The van der Waals surface area contributed by atoms with E-state index in [4.69, 9.17) is 0 Å². The van der Waals surface area contributed by atoms with Crippen LogP contribution >= 0.6 is 0 Å². The van der Waals surface area contributed by atoms with Crippen LogP contribution in [0.5, 0.6) is 0 Å². The summed E-state index contributed by atoms with van der Waals surface area (Å²) in [5.41, 5.74) is 0.478. The number of unbranched alkanes of at least 4 members (excludes halogenated alkanes) is 1. The maximum atomic E-state index is 12.4. The van der Waals surface area contributed by atoms with Crippen molar-refractivity contribution in [1.82, 2.24) is 0 Å². The van der Waals surface area contributed by atoms with Gasteiger partial charge < -0.3 is 0 Å². The lowest BCUT2D eigenvalue weighted by Gasteiger charge is -2.46. The van der Waals surface area contributed by atoms with Gasteiger partial charge in [-0.1, -0.05) is 63.5 Å². The third-order valence-electron chi connectivity index (χ3n) is 7.64. The van der Waals surface area contributed by atoms with Crippen molar-refractivity contribution in [2.24, 2.45) is 23.2 Å². The third-order valence-corrected chi connectivity index (χ3v) is 7.64. The van der Waals surface area contributed by atoms with Gasteiger partial charge in [0, 0.05) is 0 Å². The molecule has 0 atom stereocenters. The van der Waals surface area contributed by atoms with Crippen LogP contribution in [0, 0.1) is 23.2 Å². The van der Waals surface area contributed by atoms with Crippen molar-refractivity contribution in [3.05, 3.63) is 12.2 Å². The minimum Gasteiger partial charge on any atom is -0.251 e. The second-order valence-corrected chi connectivity index (χ2v) is 9.04. The van der Waals surface area contributed by atoms with Gasteiger partial charge >= 0.3 is 0 Å². The zero-order valence-electron chi connectivity index (χ0n) is 15.8. The molecule has 3 fully saturated rings. The van der Waals surface area contributed by atoms with Crippen molar-refractivity contribution < 1.29 is 4.39 Å². The molecule has 0 radical (unpaired) electrons. The number of halogens is 1. The van der Waals surface area contributed by atoms with Gasteiger partial charge in [0.05, 0.1) is 6.67 Å². The molecule has 0 bridgehead atoms. The van der Waals surface area contributed by atoms with Crippen LogP contribution in [0.3, 0.4) is 0 Å². The Hall–Kier alpha value is -0.330. The quantitative estimate of drug-likeness (QED) is 0.346. The summed E-state index contributed by atoms with van der Waals surface area (Å²) < 4.78 is 12.4. The lowest BCUT2D eigenvalue weighted by molar-refractivity contribution is 0.0783. The predicted octanol–water partition coefficient (Wildman–Crippen LogP) is 7.63. The fraction of sp³-hybridized carbons (Fsp3) is 0.913. The van der Waals surface area contributed by atoms with E-state index in [0.717, 1.165) is 24.2 Å². The zero-order valence-corrected chi connectivity index (χ0v) is 15.8. The van der Waals surface area contributed by atoms with Crippen LogP contribution < -0.4 is 0 Å². The molecular weight excluding hydrogens is 295 g/mol. The normalized spacial score (nSPS) is 32.2. The van der Waals surface area contributed by atoms with Crippen molar-refractivity contribution in [2.45, 2.75) is 103 Å². The van der Waals surface area contributed by atoms with Crippen molar-refractivity contribution in [2.75, 3.05) is 6.67 Å². The van der Waals surface area contributed by atoms with Crippen LogP contribution in [0.2, 0.25) is 0 Å². The molecule has 3 rings (SSSR count). The topological polar surface area (TPSA) is 0 Å². The molecule has 0 aromatic heterocycles. The third kappa shape index (κ3) is 4.64. The lowest BCUT2D eigenvalue weighted by atomic mass is 9.59. The molecule has 1 heteroatoms. The highest BCUT2D eigenvalue weighted by molar-refractivity contribution is 5.05. The number of alkyl halides is 1. The second kappa shape index (κ2) is 9.39. The maximum Gasteiger partial charge on any atom is 0.0897 e. The van der Waals surface area contributed by atoms with Crippen LogP contribution in [-0.2, 0) is 0 Å². The van der Waals surface area contributed by atoms with Gasteiger partial charge in [-0.2, -0.15) is 0 Å². The Morgan fingerprint density at radius 2 is 1.38 bits per heavy atom. The van der Waals surface area contributed by atoms with Gasteiger partial charge in [0.2, 0.25) is 0 Å². The van der Waals surface area contributed by atoms with Crippen LogP contribution in [0.15, 0.2) is 12.2 Å². The molecule has 0 aliphatic heterocycles. The second-order valence-electron chi connectivity index (χ2n) is 9.04. The Morgan fingerprint density at radius 3 is 2.04 bits per heavy atom. The van der Waals surface area contributed by atoms with E-state index in [1.165, 1.54) is 89.9 Å². The first-order chi connectivity index (χ1) is 11.8. The molecule has 3 saturated carbocycles. The number of hydrogen-bond donors (Lipinski definition) is 0. The molecule has 0 N–H and O–H groups in total. The summed E-state index contributed by atoms with van der Waals surface area (Å²) in [4.78, 5) is 0. The van der Waals surface area contributed by atoms with Gasteiger partial charge in [-0.3, -0.25) is 4.39 Å². The van der Waals surface area contributed by atoms with E-state index >= 15 is 0 Å². The molecule has 0 aromatic carbocycles. The van der Waals surface area contributed by atoms with Gasteiger partial charge in [0.15, 0.2) is 0 Å². The Bertz CT molecular complexity index is 365. The largest absolute Gasteiger partial charge is 0.251 e. The highest BCUT2D eigenvalue weighted by Crippen LogP contribution is 2.51. The van der Waals surface area contributed by atoms with Crippen molar-refractivity contribution in [1.29, 1.82) is 0 Å². The summed E-state index contributed by atoms with van der Waals surface area (Å²) in [5, 5.41) is 0. The van der Waals surface area contributed by atoms with E-state index in [1.807, 2.05) is 0 Å². The van der Waals surface area contributed by atoms with Gasteiger partial charge in [0.25, 0.3) is 0 Å². The highest BCUT2D eigenvalue weighted by Gasteiger charge is 2.40. The number of rotatable bonds is 6. The fourth-order valence-corrected chi connectivity index (χ4v) is 6.21. The first kappa shape index (κ1) is 18.5. The molecule has 0 heterocycles. The average molecular weight is 335 g/mol. The van der Waals surface area contributed by atoms with Crippen molar-refractivity contribution in [3.63, 3.8) is 0 Å². The first-order valence-electron chi connectivity index (χ1n) is 11.1. The summed E-state index contributed by atoms with van der Waals surface area (Å²) in [6.07, 6.45) is 27.0. The maximum absolute atomic E-state index is 12.4. The van der Waals surface area contributed by atoms with Crippen LogP contribution in [0.1, 0.15) is 103 Å². The smallest absolute Gasteiger partial charge is 0.0897 e. The summed E-state index contributed by atoms with van der Waals surface area (Å²) >= 11 is 0. The molecule has 3 aliphatic rings. The number of allylic oxidation sites excluding steroid dienone is 2.